The number of rotatable bonds is 12. The minimum Gasteiger partial charge on any atom is -0.497 e. The van der Waals surface area contributed by atoms with Crippen LogP contribution in [0.2, 0.25) is 0 Å². The molecule has 4 rings (SSSR count). The van der Waals surface area contributed by atoms with E-state index in [1.807, 2.05) is 12.1 Å². The Morgan fingerprint density at radius 3 is 2.25 bits per heavy atom. The van der Waals surface area contributed by atoms with E-state index >= 15 is 0 Å². The number of carbonyl (C=O) groups excluding carboxylic acids is 2. The van der Waals surface area contributed by atoms with E-state index in [2.05, 4.69) is 5.32 Å². The molecule has 0 bridgehead atoms. The molecule has 0 spiro atoms. The SMILES string of the molecule is COc1ccc(CN(C(=O)CN(Cc2ccccc2)S(C)(=O)=O)[C@@H](C)C(=O)NCc2ccc3c(c2)OCO3)cc1. The fourth-order valence-corrected chi connectivity index (χ4v) is 4.95. The maximum Gasteiger partial charge on any atom is 0.242 e. The van der Waals surface area contributed by atoms with Gasteiger partial charge in [0.15, 0.2) is 11.5 Å². The third-order valence-corrected chi connectivity index (χ3v) is 7.76. The van der Waals surface area contributed by atoms with Crippen LogP contribution in [0.4, 0.5) is 0 Å². The van der Waals surface area contributed by atoms with Gasteiger partial charge in [-0.2, -0.15) is 4.31 Å². The number of fused-ring (bicyclic) bond motifs is 1. The second kappa shape index (κ2) is 12.8. The fourth-order valence-electron chi connectivity index (χ4n) is 4.22. The lowest BCUT2D eigenvalue weighted by molar-refractivity contribution is -0.140. The van der Waals surface area contributed by atoms with Gasteiger partial charge in [-0.25, -0.2) is 8.42 Å². The van der Waals surface area contributed by atoms with Crippen molar-refractivity contribution in [3.05, 3.63) is 89.5 Å². The van der Waals surface area contributed by atoms with Gasteiger partial charge in [0.1, 0.15) is 11.8 Å². The molecule has 1 atom stereocenters. The fraction of sp³-hybridized carbons (Fsp3) is 0.310. The molecule has 0 radical (unpaired) electrons. The Morgan fingerprint density at radius 2 is 1.57 bits per heavy atom. The van der Waals surface area contributed by atoms with E-state index in [1.54, 1.807) is 74.7 Å². The number of nitrogens with one attached hydrogen (secondary N) is 1. The van der Waals surface area contributed by atoms with Gasteiger partial charge in [-0.05, 0) is 47.9 Å². The molecule has 0 aliphatic carbocycles. The number of hydrogen-bond donors (Lipinski definition) is 1. The molecule has 3 aromatic rings. The monoisotopic (exact) mass is 567 g/mol. The molecule has 3 aromatic carbocycles. The Hall–Kier alpha value is -4.09. The number of nitrogens with zero attached hydrogens (tertiary/aromatic N) is 2. The standard InChI is InChI=1S/C29H33N3O7S/c1-21(29(34)30-16-24-11-14-26-27(15-24)39-20-38-26)32(18-23-9-12-25(37-2)13-10-23)28(33)19-31(40(3,35)36)17-22-7-5-4-6-8-22/h4-15,21H,16-20H2,1-3H3,(H,30,34)/t21-/m0/s1. The molecule has 10 nitrogen and oxygen atoms in total. The summed E-state index contributed by atoms with van der Waals surface area (Å²) in [4.78, 5) is 28.3. The average molecular weight is 568 g/mol. The predicted octanol–water partition coefficient (Wildman–Crippen LogP) is 2.92. The van der Waals surface area contributed by atoms with Crippen LogP contribution in [0.15, 0.2) is 72.8 Å². The molecule has 1 aliphatic heterocycles. The van der Waals surface area contributed by atoms with Crippen molar-refractivity contribution < 1.29 is 32.2 Å². The van der Waals surface area contributed by atoms with Crippen LogP contribution >= 0.6 is 0 Å². The van der Waals surface area contributed by atoms with Crippen LogP contribution in [0.3, 0.4) is 0 Å². The van der Waals surface area contributed by atoms with Crippen molar-refractivity contribution in [2.75, 3.05) is 26.7 Å². The number of carbonyl (C=O) groups is 2. The molecule has 0 fully saturated rings. The summed E-state index contributed by atoms with van der Waals surface area (Å²) in [5.74, 6) is 1.03. The highest BCUT2D eigenvalue weighted by Crippen LogP contribution is 2.32. The number of hydrogen-bond acceptors (Lipinski definition) is 7. The van der Waals surface area contributed by atoms with Crippen molar-refractivity contribution in [2.24, 2.45) is 0 Å². The Labute approximate surface area is 234 Å². The van der Waals surface area contributed by atoms with E-state index in [9.17, 15) is 18.0 Å². The maximum absolute atomic E-state index is 13.7. The van der Waals surface area contributed by atoms with Crippen molar-refractivity contribution in [3.8, 4) is 17.2 Å². The highest BCUT2D eigenvalue weighted by Gasteiger charge is 2.30. The molecule has 0 saturated heterocycles. The summed E-state index contributed by atoms with van der Waals surface area (Å²) >= 11 is 0. The molecular formula is C29H33N3O7S. The maximum atomic E-state index is 13.7. The lowest BCUT2D eigenvalue weighted by Gasteiger charge is -2.31. The number of benzene rings is 3. The summed E-state index contributed by atoms with van der Waals surface area (Å²) < 4.78 is 42.3. The Bertz CT molecular complexity index is 1430. The van der Waals surface area contributed by atoms with Gasteiger partial charge in [-0.1, -0.05) is 48.5 Å². The van der Waals surface area contributed by atoms with E-state index in [-0.39, 0.29) is 32.3 Å². The van der Waals surface area contributed by atoms with E-state index in [0.717, 1.165) is 27.3 Å². The van der Waals surface area contributed by atoms with Gasteiger partial charge in [0.2, 0.25) is 28.6 Å². The van der Waals surface area contributed by atoms with Gasteiger partial charge in [0.05, 0.1) is 19.9 Å². The Kier molecular flexibility index (Phi) is 9.28. The van der Waals surface area contributed by atoms with Crippen LogP contribution in [-0.2, 0) is 39.2 Å². The molecule has 1 heterocycles. The molecule has 40 heavy (non-hydrogen) atoms. The first kappa shape index (κ1) is 28.9. The van der Waals surface area contributed by atoms with E-state index in [0.29, 0.717) is 17.2 Å². The van der Waals surface area contributed by atoms with Crippen molar-refractivity contribution in [1.29, 1.82) is 0 Å². The quantitative estimate of drug-likeness (QED) is 0.358. The molecule has 1 N–H and O–H groups in total. The zero-order valence-electron chi connectivity index (χ0n) is 22.7. The summed E-state index contributed by atoms with van der Waals surface area (Å²) in [6.07, 6.45) is 1.07. The normalized spacial score (nSPS) is 13.1. The third-order valence-electron chi connectivity index (χ3n) is 6.57. The predicted molar refractivity (Wildman–Crippen MR) is 149 cm³/mol. The third kappa shape index (κ3) is 7.51. The van der Waals surface area contributed by atoms with E-state index in [4.69, 9.17) is 14.2 Å². The van der Waals surface area contributed by atoms with Gasteiger partial charge < -0.3 is 24.4 Å². The van der Waals surface area contributed by atoms with Crippen LogP contribution in [0.1, 0.15) is 23.6 Å². The van der Waals surface area contributed by atoms with Crippen LogP contribution in [-0.4, -0.2) is 62.2 Å². The minimum atomic E-state index is -3.72. The Morgan fingerprint density at radius 1 is 0.925 bits per heavy atom. The lowest BCUT2D eigenvalue weighted by Crippen LogP contribution is -2.50. The zero-order valence-corrected chi connectivity index (χ0v) is 23.5. The van der Waals surface area contributed by atoms with E-state index < -0.39 is 28.5 Å². The second-order valence-corrected chi connectivity index (χ2v) is 11.5. The Balaban J connectivity index is 1.51. The minimum absolute atomic E-state index is 0.0342. The largest absolute Gasteiger partial charge is 0.497 e. The van der Waals surface area contributed by atoms with E-state index in [1.165, 1.54) is 4.90 Å². The number of sulfonamides is 1. The van der Waals surface area contributed by atoms with Crippen LogP contribution in [0.5, 0.6) is 17.2 Å². The second-order valence-electron chi connectivity index (χ2n) is 9.47. The summed E-state index contributed by atoms with van der Waals surface area (Å²) in [5.41, 5.74) is 2.32. The molecule has 2 amide bonds. The van der Waals surface area contributed by atoms with Crippen LogP contribution < -0.4 is 19.5 Å². The first-order valence-corrected chi connectivity index (χ1v) is 14.6. The highest BCUT2D eigenvalue weighted by atomic mass is 32.2. The summed E-state index contributed by atoms with van der Waals surface area (Å²) in [5, 5.41) is 2.87. The summed E-state index contributed by atoms with van der Waals surface area (Å²) in [6.45, 7) is 1.71. The van der Waals surface area contributed by atoms with Crippen molar-refractivity contribution in [1.82, 2.24) is 14.5 Å². The molecular weight excluding hydrogens is 534 g/mol. The topological polar surface area (TPSA) is 114 Å². The van der Waals surface area contributed by atoms with Crippen LogP contribution in [0.25, 0.3) is 0 Å². The van der Waals surface area contributed by atoms with Crippen molar-refractivity contribution in [2.45, 2.75) is 32.6 Å². The molecule has 0 unspecified atom stereocenters. The summed E-state index contributed by atoms with van der Waals surface area (Å²) in [6, 6.07) is 20.7. The highest BCUT2D eigenvalue weighted by molar-refractivity contribution is 7.88. The van der Waals surface area contributed by atoms with Crippen molar-refractivity contribution >= 4 is 21.8 Å². The zero-order chi connectivity index (χ0) is 28.7. The molecule has 0 aromatic heterocycles. The smallest absolute Gasteiger partial charge is 0.242 e. The van der Waals surface area contributed by atoms with Gasteiger partial charge in [0, 0.05) is 19.6 Å². The molecule has 212 valence electrons. The number of amides is 2. The molecule has 0 saturated carbocycles. The average Bonchev–Trinajstić information content (AvgIpc) is 3.42. The van der Waals surface area contributed by atoms with Gasteiger partial charge in [0.25, 0.3) is 0 Å². The molecule has 1 aliphatic rings. The van der Waals surface area contributed by atoms with Gasteiger partial charge >= 0.3 is 0 Å². The van der Waals surface area contributed by atoms with Crippen molar-refractivity contribution in [3.63, 3.8) is 0 Å². The lowest BCUT2D eigenvalue weighted by atomic mass is 10.1. The van der Waals surface area contributed by atoms with Gasteiger partial charge in [-0.3, -0.25) is 9.59 Å². The summed E-state index contributed by atoms with van der Waals surface area (Å²) in [7, 11) is -2.16. The molecule has 11 heteroatoms. The van der Waals surface area contributed by atoms with Gasteiger partial charge in [-0.15, -0.1) is 0 Å². The van der Waals surface area contributed by atoms with Crippen LogP contribution in [0, 0.1) is 0 Å². The first-order chi connectivity index (χ1) is 19.1. The number of ether oxygens (including phenoxy) is 3. The number of methoxy groups -OCH3 is 1. The first-order valence-electron chi connectivity index (χ1n) is 12.7.